The monoisotopic (exact) mass is 349 g/mol. The summed E-state index contributed by atoms with van der Waals surface area (Å²) in [6.45, 7) is 7.01. The van der Waals surface area contributed by atoms with E-state index in [1.807, 2.05) is 11.0 Å². The Morgan fingerprint density at radius 1 is 1.29 bits per heavy atom. The standard InChI is InChI=1S/C18H27N3O2S/c1-3-20-7-4-13(5-8-20)10-17(22)21-9-6-15-14(12-21)11-16(24-15)18(23)19-2/h11,13H,3-10,12H2,1-2H3,(H,19,23). The summed E-state index contributed by atoms with van der Waals surface area (Å²) >= 11 is 1.56. The lowest BCUT2D eigenvalue weighted by Crippen LogP contribution is -2.39. The SMILES string of the molecule is CCN1CCC(CC(=O)N2CCc3sc(C(=O)NC)cc3C2)CC1. The molecule has 1 aromatic heterocycles. The number of carbonyl (C=O) groups is 2. The third-order valence-corrected chi connectivity index (χ3v) is 6.52. The summed E-state index contributed by atoms with van der Waals surface area (Å²) in [5, 5.41) is 2.67. The molecule has 3 rings (SSSR count). The number of fused-ring (bicyclic) bond motifs is 1. The summed E-state index contributed by atoms with van der Waals surface area (Å²) in [5.41, 5.74) is 1.15. The summed E-state index contributed by atoms with van der Waals surface area (Å²) < 4.78 is 0. The molecule has 2 aliphatic heterocycles. The second-order valence-corrected chi connectivity index (χ2v) is 7.92. The molecule has 1 N–H and O–H groups in total. The quantitative estimate of drug-likeness (QED) is 0.906. The van der Waals surface area contributed by atoms with E-state index in [0.29, 0.717) is 18.9 Å². The highest BCUT2D eigenvalue weighted by Crippen LogP contribution is 2.29. The van der Waals surface area contributed by atoms with Crippen molar-refractivity contribution in [3.63, 3.8) is 0 Å². The molecule has 0 aliphatic carbocycles. The highest BCUT2D eigenvalue weighted by atomic mass is 32.1. The lowest BCUT2D eigenvalue weighted by molar-refractivity contribution is -0.133. The molecule has 0 saturated carbocycles. The van der Waals surface area contributed by atoms with Crippen LogP contribution in [0.1, 0.15) is 46.3 Å². The molecule has 132 valence electrons. The molecule has 0 bridgehead atoms. The fraction of sp³-hybridized carbons (Fsp3) is 0.667. The van der Waals surface area contributed by atoms with E-state index in [1.54, 1.807) is 18.4 Å². The van der Waals surface area contributed by atoms with Crippen molar-refractivity contribution in [3.05, 3.63) is 21.4 Å². The number of hydrogen-bond donors (Lipinski definition) is 1. The maximum atomic E-state index is 12.7. The van der Waals surface area contributed by atoms with Gasteiger partial charge in [-0.05, 0) is 56.4 Å². The van der Waals surface area contributed by atoms with Crippen LogP contribution >= 0.6 is 11.3 Å². The normalized spacial score (nSPS) is 19.2. The predicted molar refractivity (Wildman–Crippen MR) is 96.3 cm³/mol. The van der Waals surface area contributed by atoms with Gasteiger partial charge in [0.25, 0.3) is 5.91 Å². The van der Waals surface area contributed by atoms with Gasteiger partial charge in [-0.15, -0.1) is 11.3 Å². The number of thiophene rings is 1. The summed E-state index contributed by atoms with van der Waals surface area (Å²) in [7, 11) is 1.65. The summed E-state index contributed by atoms with van der Waals surface area (Å²) in [4.78, 5) is 30.9. The van der Waals surface area contributed by atoms with Gasteiger partial charge in [-0.25, -0.2) is 0 Å². The molecule has 1 aromatic rings. The van der Waals surface area contributed by atoms with E-state index in [9.17, 15) is 9.59 Å². The average Bonchev–Trinajstić information content (AvgIpc) is 3.04. The van der Waals surface area contributed by atoms with E-state index < -0.39 is 0 Å². The zero-order valence-electron chi connectivity index (χ0n) is 14.6. The van der Waals surface area contributed by atoms with Crippen molar-refractivity contribution in [2.24, 2.45) is 5.92 Å². The third kappa shape index (κ3) is 3.81. The molecular formula is C18H27N3O2S. The highest BCUT2D eigenvalue weighted by Gasteiger charge is 2.27. The van der Waals surface area contributed by atoms with Gasteiger partial charge in [0.1, 0.15) is 0 Å². The molecule has 0 aromatic carbocycles. The van der Waals surface area contributed by atoms with Crippen LogP contribution in [-0.4, -0.2) is 54.8 Å². The molecule has 6 heteroatoms. The van der Waals surface area contributed by atoms with Crippen LogP contribution in [0, 0.1) is 5.92 Å². The van der Waals surface area contributed by atoms with E-state index in [1.165, 1.54) is 4.88 Å². The zero-order valence-corrected chi connectivity index (χ0v) is 15.5. The van der Waals surface area contributed by atoms with Crippen molar-refractivity contribution < 1.29 is 9.59 Å². The molecule has 0 radical (unpaired) electrons. The summed E-state index contributed by atoms with van der Waals surface area (Å²) in [6.07, 6.45) is 3.83. The fourth-order valence-electron chi connectivity index (χ4n) is 3.66. The zero-order chi connectivity index (χ0) is 17.1. The fourth-order valence-corrected chi connectivity index (χ4v) is 4.77. The summed E-state index contributed by atoms with van der Waals surface area (Å²) in [6, 6.07) is 1.96. The molecule has 2 amide bonds. The summed E-state index contributed by atoms with van der Waals surface area (Å²) in [5.74, 6) is 0.781. The number of carbonyl (C=O) groups excluding carboxylic acids is 2. The number of nitrogens with one attached hydrogen (secondary N) is 1. The van der Waals surface area contributed by atoms with Crippen LogP contribution < -0.4 is 5.32 Å². The number of rotatable bonds is 4. The van der Waals surface area contributed by atoms with Crippen LogP contribution in [0.25, 0.3) is 0 Å². The number of likely N-dealkylation sites (tertiary alicyclic amines) is 1. The van der Waals surface area contributed by atoms with Crippen molar-refractivity contribution in [2.45, 2.75) is 39.2 Å². The van der Waals surface area contributed by atoms with E-state index in [4.69, 9.17) is 0 Å². The first-order valence-corrected chi connectivity index (χ1v) is 9.76. The molecule has 0 spiro atoms. The second-order valence-electron chi connectivity index (χ2n) is 6.79. The molecule has 1 saturated heterocycles. The Morgan fingerprint density at radius 2 is 2.04 bits per heavy atom. The topological polar surface area (TPSA) is 52.7 Å². The van der Waals surface area contributed by atoms with E-state index in [2.05, 4.69) is 17.1 Å². The molecule has 1 fully saturated rings. The Morgan fingerprint density at radius 3 is 2.71 bits per heavy atom. The molecular weight excluding hydrogens is 322 g/mol. The molecule has 5 nitrogen and oxygen atoms in total. The van der Waals surface area contributed by atoms with Crippen LogP contribution in [-0.2, 0) is 17.8 Å². The highest BCUT2D eigenvalue weighted by molar-refractivity contribution is 7.14. The van der Waals surface area contributed by atoms with Gasteiger partial charge in [0.05, 0.1) is 4.88 Å². The van der Waals surface area contributed by atoms with Crippen LogP contribution in [0.5, 0.6) is 0 Å². The van der Waals surface area contributed by atoms with Gasteiger partial charge < -0.3 is 15.1 Å². The minimum atomic E-state index is -0.0324. The number of nitrogens with zero attached hydrogens (tertiary/aromatic N) is 2. The predicted octanol–water partition coefficient (Wildman–Crippen LogP) is 2.11. The second kappa shape index (κ2) is 7.66. The van der Waals surface area contributed by atoms with Crippen molar-refractivity contribution in [1.82, 2.24) is 15.1 Å². The Balaban J connectivity index is 1.56. The van der Waals surface area contributed by atoms with Gasteiger partial charge in [-0.2, -0.15) is 0 Å². The molecule has 0 unspecified atom stereocenters. The minimum absolute atomic E-state index is 0.0324. The van der Waals surface area contributed by atoms with Crippen molar-refractivity contribution in [1.29, 1.82) is 0 Å². The maximum Gasteiger partial charge on any atom is 0.261 e. The first-order chi connectivity index (χ1) is 11.6. The van der Waals surface area contributed by atoms with E-state index in [0.717, 1.165) is 55.9 Å². The molecule has 2 aliphatic rings. The molecule has 3 heterocycles. The van der Waals surface area contributed by atoms with Crippen LogP contribution in [0.3, 0.4) is 0 Å². The lowest BCUT2D eigenvalue weighted by Gasteiger charge is -2.33. The number of amides is 2. The molecule has 24 heavy (non-hydrogen) atoms. The van der Waals surface area contributed by atoms with Crippen molar-refractivity contribution in [2.75, 3.05) is 33.2 Å². The van der Waals surface area contributed by atoms with Crippen LogP contribution in [0.4, 0.5) is 0 Å². The Hall–Kier alpha value is -1.40. The first kappa shape index (κ1) is 17.4. The van der Waals surface area contributed by atoms with Gasteiger partial charge in [-0.3, -0.25) is 9.59 Å². The molecule has 0 atom stereocenters. The van der Waals surface area contributed by atoms with Gasteiger partial charge in [0.15, 0.2) is 0 Å². The van der Waals surface area contributed by atoms with Crippen LogP contribution in [0.15, 0.2) is 6.07 Å². The Bertz CT molecular complexity index is 605. The maximum absolute atomic E-state index is 12.7. The first-order valence-electron chi connectivity index (χ1n) is 8.94. The largest absolute Gasteiger partial charge is 0.354 e. The van der Waals surface area contributed by atoms with E-state index >= 15 is 0 Å². The van der Waals surface area contributed by atoms with Crippen LogP contribution in [0.2, 0.25) is 0 Å². The smallest absolute Gasteiger partial charge is 0.261 e. The van der Waals surface area contributed by atoms with Crippen molar-refractivity contribution >= 4 is 23.2 Å². The van der Waals surface area contributed by atoms with Gasteiger partial charge in [0.2, 0.25) is 5.91 Å². The number of piperidine rings is 1. The Labute approximate surface area is 148 Å². The van der Waals surface area contributed by atoms with Gasteiger partial charge in [-0.1, -0.05) is 6.92 Å². The van der Waals surface area contributed by atoms with E-state index in [-0.39, 0.29) is 11.8 Å². The van der Waals surface area contributed by atoms with Crippen molar-refractivity contribution in [3.8, 4) is 0 Å². The number of hydrogen-bond acceptors (Lipinski definition) is 4. The van der Waals surface area contributed by atoms with Gasteiger partial charge >= 0.3 is 0 Å². The minimum Gasteiger partial charge on any atom is -0.354 e. The average molecular weight is 350 g/mol. The lowest BCUT2D eigenvalue weighted by atomic mass is 9.92. The Kier molecular flexibility index (Phi) is 5.56. The third-order valence-electron chi connectivity index (χ3n) is 5.29. The van der Waals surface area contributed by atoms with Gasteiger partial charge in [0, 0.05) is 31.4 Å².